The molecule has 0 saturated carbocycles. The van der Waals surface area contributed by atoms with Crippen molar-refractivity contribution in [2.45, 2.75) is 26.8 Å². The van der Waals surface area contributed by atoms with Gasteiger partial charge in [0.1, 0.15) is 0 Å². The molecule has 0 aromatic carbocycles. The summed E-state index contributed by atoms with van der Waals surface area (Å²) in [5, 5.41) is 3.01. The Balaban J connectivity index is 1.73. The molecule has 0 radical (unpaired) electrons. The molecule has 0 bridgehead atoms. The first-order chi connectivity index (χ1) is 10.1. The van der Waals surface area contributed by atoms with E-state index in [0.717, 1.165) is 58.1 Å². The second kappa shape index (κ2) is 7.92. The average molecular weight is 295 g/mol. The molecular formula is C16H29N3O2. The zero-order valence-corrected chi connectivity index (χ0v) is 13.6. The Bertz CT molecular complexity index is 370. The number of piperazine rings is 1. The van der Waals surface area contributed by atoms with E-state index in [9.17, 15) is 4.79 Å². The molecule has 2 aliphatic rings. The molecule has 0 unspecified atom stereocenters. The molecule has 1 amide bonds. The fourth-order valence-corrected chi connectivity index (χ4v) is 2.67. The molecule has 0 aliphatic carbocycles. The van der Waals surface area contributed by atoms with Crippen molar-refractivity contribution in [3.05, 3.63) is 11.6 Å². The fourth-order valence-electron chi connectivity index (χ4n) is 2.67. The maximum Gasteiger partial charge on any atom is 0.248 e. The number of allylic oxidation sites excluding steroid dienone is 1. The van der Waals surface area contributed by atoms with Crippen molar-refractivity contribution in [1.29, 1.82) is 0 Å². The maximum absolute atomic E-state index is 12.1. The van der Waals surface area contributed by atoms with E-state index in [1.54, 1.807) is 0 Å². The second-order valence-corrected chi connectivity index (χ2v) is 6.42. The number of nitrogens with zero attached hydrogens (tertiary/aromatic N) is 2. The highest BCUT2D eigenvalue weighted by Gasteiger charge is 2.29. The predicted molar refractivity (Wildman–Crippen MR) is 84.2 cm³/mol. The van der Waals surface area contributed by atoms with Crippen LogP contribution in [0.2, 0.25) is 0 Å². The number of hydrogen-bond donors (Lipinski definition) is 1. The normalized spacial score (nSPS) is 22.4. The van der Waals surface area contributed by atoms with Crippen molar-refractivity contribution in [2.75, 3.05) is 52.5 Å². The van der Waals surface area contributed by atoms with E-state index in [1.165, 1.54) is 0 Å². The first kappa shape index (κ1) is 16.5. The lowest BCUT2D eigenvalue weighted by atomic mass is 10.1. The summed E-state index contributed by atoms with van der Waals surface area (Å²) in [6.07, 6.45) is 1.95. The van der Waals surface area contributed by atoms with Gasteiger partial charge in [-0.1, -0.05) is 19.9 Å². The largest absolute Gasteiger partial charge is 0.378 e. The van der Waals surface area contributed by atoms with Crippen molar-refractivity contribution in [1.82, 2.24) is 15.1 Å². The lowest BCUT2D eigenvalue weighted by Gasteiger charge is -2.42. The molecule has 5 nitrogen and oxygen atoms in total. The molecule has 120 valence electrons. The van der Waals surface area contributed by atoms with Gasteiger partial charge in [-0.05, 0) is 12.8 Å². The topological polar surface area (TPSA) is 44.8 Å². The summed E-state index contributed by atoms with van der Waals surface area (Å²) >= 11 is 0. The third kappa shape index (κ3) is 4.80. The van der Waals surface area contributed by atoms with Gasteiger partial charge in [0, 0.05) is 44.8 Å². The number of carbonyl (C=O) groups is 1. The van der Waals surface area contributed by atoms with Gasteiger partial charge >= 0.3 is 0 Å². The summed E-state index contributed by atoms with van der Waals surface area (Å²) in [5.41, 5.74) is 0.885. The monoisotopic (exact) mass is 295 g/mol. The van der Waals surface area contributed by atoms with Gasteiger partial charge in [-0.2, -0.15) is 0 Å². The zero-order valence-electron chi connectivity index (χ0n) is 13.6. The van der Waals surface area contributed by atoms with E-state index < -0.39 is 0 Å². The molecule has 0 spiro atoms. The molecule has 2 aliphatic heterocycles. The smallest absolute Gasteiger partial charge is 0.248 e. The number of nitrogens with one attached hydrogen (secondary N) is 1. The zero-order chi connectivity index (χ0) is 15.2. The van der Waals surface area contributed by atoms with Gasteiger partial charge in [0.05, 0.1) is 19.3 Å². The standard InChI is InChI=1S/C16H29N3O2/c1-4-14(16(20)17-9-13(2)3)10-18-5-7-19(8-6-18)15-11-21-12-15/h4,13,15H,5-12H2,1-3H3,(H,17,20)/b14-4+. The minimum absolute atomic E-state index is 0.0843. The van der Waals surface area contributed by atoms with Crippen LogP contribution in [0.15, 0.2) is 11.6 Å². The van der Waals surface area contributed by atoms with Crippen LogP contribution in [0.5, 0.6) is 0 Å². The Morgan fingerprint density at radius 1 is 1.29 bits per heavy atom. The van der Waals surface area contributed by atoms with Crippen LogP contribution in [0.1, 0.15) is 20.8 Å². The van der Waals surface area contributed by atoms with Gasteiger partial charge in [0.25, 0.3) is 0 Å². The Kier molecular flexibility index (Phi) is 6.21. The number of ether oxygens (including phenoxy) is 1. The quantitative estimate of drug-likeness (QED) is 0.734. The van der Waals surface area contributed by atoms with Crippen LogP contribution in [0, 0.1) is 5.92 Å². The number of rotatable bonds is 6. The van der Waals surface area contributed by atoms with Crippen molar-refractivity contribution in [3.63, 3.8) is 0 Å². The lowest BCUT2D eigenvalue weighted by Crippen LogP contribution is -2.56. The van der Waals surface area contributed by atoms with Gasteiger partial charge < -0.3 is 10.1 Å². The van der Waals surface area contributed by atoms with Gasteiger partial charge in [0.15, 0.2) is 0 Å². The van der Waals surface area contributed by atoms with E-state index >= 15 is 0 Å². The highest BCUT2D eigenvalue weighted by Crippen LogP contribution is 2.14. The number of carbonyl (C=O) groups excluding carboxylic acids is 1. The molecule has 0 atom stereocenters. The Morgan fingerprint density at radius 3 is 2.43 bits per heavy atom. The fraction of sp³-hybridized carbons (Fsp3) is 0.812. The van der Waals surface area contributed by atoms with E-state index in [1.807, 2.05) is 13.0 Å². The number of hydrogen-bond acceptors (Lipinski definition) is 4. The van der Waals surface area contributed by atoms with E-state index in [4.69, 9.17) is 4.74 Å². The van der Waals surface area contributed by atoms with Crippen molar-refractivity contribution in [2.24, 2.45) is 5.92 Å². The predicted octanol–water partition coefficient (Wildman–Crippen LogP) is 0.721. The third-order valence-corrected chi connectivity index (χ3v) is 4.25. The molecule has 0 aromatic rings. The molecule has 2 saturated heterocycles. The van der Waals surface area contributed by atoms with E-state index in [0.29, 0.717) is 12.0 Å². The minimum Gasteiger partial charge on any atom is -0.378 e. The molecule has 0 aromatic heterocycles. The summed E-state index contributed by atoms with van der Waals surface area (Å²) in [6, 6.07) is 0.627. The van der Waals surface area contributed by atoms with Crippen LogP contribution in [0.4, 0.5) is 0 Å². The maximum atomic E-state index is 12.1. The molecule has 21 heavy (non-hydrogen) atoms. The minimum atomic E-state index is 0.0843. The third-order valence-electron chi connectivity index (χ3n) is 4.25. The van der Waals surface area contributed by atoms with Crippen molar-refractivity contribution in [3.8, 4) is 0 Å². The first-order valence-corrected chi connectivity index (χ1v) is 8.07. The van der Waals surface area contributed by atoms with Crippen LogP contribution in [0.3, 0.4) is 0 Å². The summed E-state index contributed by atoms with van der Waals surface area (Å²) in [5.74, 6) is 0.571. The Morgan fingerprint density at radius 2 is 1.95 bits per heavy atom. The Hall–Kier alpha value is -0.910. The van der Waals surface area contributed by atoms with Gasteiger partial charge in [-0.15, -0.1) is 0 Å². The lowest BCUT2D eigenvalue weighted by molar-refractivity contribution is -0.118. The van der Waals surface area contributed by atoms with E-state index in [-0.39, 0.29) is 5.91 Å². The van der Waals surface area contributed by atoms with Crippen molar-refractivity contribution >= 4 is 5.91 Å². The van der Waals surface area contributed by atoms with Gasteiger partial charge in [0.2, 0.25) is 5.91 Å². The summed E-state index contributed by atoms with van der Waals surface area (Å²) < 4.78 is 5.26. The van der Waals surface area contributed by atoms with Crippen molar-refractivity contribution < 1.29 is 9.53 Å². The highest BCUT2D eigenvalue weighted by atomic mass is 16.5. The molecule has 2 fully saturated rings. The van der Waals surface area contributed by atoms with Crippen LogP contribution in [0.25, 0.3) is 0 Å². The summed E-state index contributed by atoms with van der Waals surface area (Å²) in [6.45, 7) is 13.7. The Labute approximate surface area is 128 Å². The number of amides is 1. The highest BCUT2D eigenvalue weighted by molar-refractivity contribution is 5.93. The molecule has 1 N–H and O–H groups in total. The van der Waals surface area contributed by atoms with Crippen LogP contribution < -0.4 is 5.32 Å². The van der Waals surface area contributed by atoms with E-state index in [2.05, 4.69) is 29.0 Å². The molecule has 2 rings (SSSR count). The average Bonchev–Trinajstić information content (AvgIpc) is 2.42. The van der Waals surface area contributed by atoms with Crippen LogP contribution >= 0.6 is 0 Å². The summed E-state index contributed by atoms with van der Waals surface area (Å²) in [4.78, 5) is 17.0. The molecular weight excluding hydrogens is 266 g/mol. The second-order valence-electron chi connectivity index (χ2n) is 6.42. The SMILES string of the molecule is C/C=C(\CN1CCN(C2COC2)CC1)C(=O)NCC(C)C. The summed E-state index contributed by atoms with van der Waals surface area (Å²) in [7, 11) is 0. The van der Waals surface area contributed by atoms with Gasteiger partial charge in [-0.3, -0.25) is 14.6 Å². The molecule has 2 heterocycles. The van der Waals surface area contributed by atoms with Gasteiger partial charge in [-0.25, -0.2) is 0 Å². The van der Waals surface area contributed by atoms with Crippen LogP contribution in [-0.4, -0.2) is 74.2 Å². The van der Waals surface area contributed by atoms with Crippen LogP contribution in [-0.2, 0) is 9.53 Å². The molecule has 5 heteroatoms. The first-order valence-electron chi connectivity index (χ1n) is 8.07.